The van der Waals surface area contributed by atoms with Crippen molar-refractivity contribution in [2.24, 2.45) is 17.1 Å². The lowest BCUT2D eigenvalue weighted by molar-refractivity contribution is 0.0974. The molecule has 5 nitrogen and oxygen atoms in total. The molecule has 0 spiro atoms. The molecule has 154 valence electrons. The first-order valence-corrected chi connectivity index (χ1v) is 11.7. The van der Waals surface area contributed by atoms with Gasteiger partial charge in [-0.3, -0.25) is 14.9 Å². The second-order valence-corrected chi connectivity index (χ2v) is 10.9. The monoisotopic (exact) mass is 541 g/mol. The minimum atomic E-state index is -0.467. The normalized spacial score (nSPS) is 16.1. The Morgan fingerprint density at radius 2 is 1.97 bits per heavy atom. The predicted molar refractivity (Wildman–Crippen MR) is 131 cm³/mol. The summed E-state index contributed by atoms with van der Waals surface area (Å²) in [5.41, 5.74) is 7.97. The zero-order chi connectivity index (χ0) is 21.3. The van der Waals surface area contributed by atoms with Crippen molar-refractivity contribution in [1.82, 2.24) is 5.32 Å². The third-order valence-corrected chi connectivity index (χ3v) is 7.62. The van der Waals surface area contributed by atoms with E-state index in [1.807, 2.05) is 12.1 Å². The van der Waals surface area contributed by atoms with Gasteiger partial charge in [-0.2, -0.15) is 0 Å². The summed E-state index contributed by atoms with van der Waals surface area (Å²) in [5.74, 6) is -0.206. The quantitative estimate of drug-likeness (QED) is 0.388. The van der Waals surface area contributed by atoms with Crippen molar-refractivity contribution in [3.8, 4) is 0 Å². The molecule has 0 fully saturated rings. The van der Waals surface area contributed by atoms with Gasteiger partial charge in [0.1, 0.15) is 5.00 Å². The van der Waals surface area contributed by atoms with E-state index in [0.717, 1.165) is 28.4 Å². The van der Waals surface area contributed by atoms with Crippen LogP contribution in [0.2, 0.25) is 0 Å². The zero-order valence-electron chi connectivity index (χ0n) is 16.6. The van der Waals surface area contributed by atoms with E-state index in [-0.39, 0.29) is 16.4 Å². The van der Waals surface area contributed by atoms with Crippen LogP contribution in [0.3, 0.4) is 0 Å². The minimum Gasteiger partial charge on any atom is -0.365 e. The fraction of sp³-hybridized carbons (Fsp3) is 0.381. The number of fused-ring (bicyclic) bond motifs is 1. The van der Waals surface area contributed by atoms with Crippen LogP contribution in [-0.4, -0.2) is 16.9 Å². The molecule has 4 N–H and O–H groups in total. The van der Waals surface area contributed by atoms with Gasteiger partial charge in [0.2, 0.25) is 0 Å². The minimum absolute atomic E-state index is 0.156. The number of halogens is 1. The molecule has 1 aromatic heterocycles. The van der Waals surface area contributed by atoms with Crippen molar-refractivity contribution < 1.29 is 9.59 Å². The Hall–Kier alpha value is -1.52. The Balaban J connectivity index is 1.80. The molecular formula is C21H24IN3O2S2. The maximum atomic E-state index is 12.5. The maximum absolute atomic E-state index is 12.5. The van der Waals surface area contributed by atoms with Crippen LogP contribution in [0.15, 0.2) is 24.3 Å². The average Bonchev–Trinajstić information content (AvgIpc) is 2.98. The second-order valence-electron chi connectivity index (χ2n) is 8.27. The first-order chi connectivity index (χ1) is 13.6. The van der Waals surface area contributed by atoms with Crippen molar-refractivity contribution in [3.63, 3.8) is 0 Å². The number of carbonyl (C=O) groups excluding carboxylic acids is 2. The van der Waals surface area contributed by atoms with Gasteiger partial charge in [0.15, 0.2) is 5.11 Å². The van der Waals surface area contributed by atoms with E-state index >= 15 is 0 Å². The predicted octanol–water partition coefficient (Wildman–Crippen LogP) is 4.73. The Bertz CT molecular complexity index is 979. The number of thiophene rings is 1. The van der Waals surface area contributed by atoms with Crippen LogP contribution in [-0.2, 0) is 12.8 Å². The van der Waals surface area contributed by atoms with Crippen molar-refractivity contribution in [3.05, 3.63) is 49.4 Å². The molecule has 0 unspecified atom stereocenters. The number of amides is 2. The van der Waals surface area contributed by atoms with Crippen LogP contribution in [0.25, 0.3) is 0 Å². The van der Waals surface area contributed by atoms with Gasteiger partial charge in [-0.25, -0.2) is 0 Å². The average molecular weight is 541 g/mol. The van der Waals surface area contributed by atoms with E-state index in [9.17, 15) is 9.59 Å². The smallest absolute Gasteiger partial charge is 0.258 e. The van der Waals surface area contributed by atoms with Gasteiger partial charge >= 0.3 is 0 Å². The van der Waals surface area contributed by atoms with Gasteiger partial charge < -0.3 is 11.1 Å². The molecule has 0 aliphatic heterocycles. The topological polar surface area (TPSA) is 84.2 Å². The number of thiocarbonyl (C=S) groups is 1. The van der Waals surface area contributed by atoms with Gasteiger partial charge in [-0.05, 0) is 83.1 Å². The highest BCUT2D eigenvalue weighted by molar-refractivity contribution is 14.1. The summed E-state index contributed by atoms with van der Waals surface area (Å²) in [6.45, 7) is 6.75. The van der Waals surface area contributed by atoms with Crippen LogP contribution in [0.5, 0.6) is 0 Å². The summed E-state index contributed by atoms with van der Waals surface area (Å²) in [7, 11) is 0. The van der Waals surface area contributed by atoms with Crippen LogP contribution < -0.4 is 16.4 Å². The van der Waals surface area contributed by atoms with Crippen molar-refractivity contribution in [1.29, 1.82) is 0 Å². The Kier molecular flexibility index (Phi) is 6.64. The lowest BCUT2D eigenvalue weighted by Gasteiger charge is -2.33. The van der Waals surface area contributed by atoms with Crippen molar-refractivity contribution >= 4 is 68.1 Å². The molecule has 2 aromatic rings. The molecule has 29 heavy (non-hydrogen) atoms. The van der Waals surface area contributed by atoms with E-state index in [1.165, 1.54) is 16.2 Å². The fourth-order valence-electron chi connectivity index (χ4n) is 3.62. The van der Waals surface area contributed by atoms with Crippen molar-refractivity contribution in [2.45, 2.75) is 40.0 Å². The molecule has 0 saturated carbocycles. The number of hydrogen-bond acceptors (Lipinski definition) is 4. The van der Waals surface area contributed by atoms with Crippen LogP contribution in [0.1, 0.15) is 58.3 Å². The largest absolute Gasteiger partial charge is 0.365 e. The summed E-state index contributed by atoms with van der Waals surface area (Å²) < 4.78 is 0.836. The van der Waals surface area contributed by atoms with Crippen molar-refractivity contribution in [2.75, 3.05) is 5.32 Å². The first-order valence-electron chi connectivity index (χ1n) is 9.39. The highest BCUT2D eigenvalue weighted by atomic mass is 127. The maximum Gasteiger partial charge on any atom is 0.258 e. The number of primary amides is 1. The number of hydrogen-bond donors (Lipinski definition) is 3. The lowest BCUT2D eigenvalue weighted by atomic mass is 9.72. The number of nitrogens with two attached hydrogens (primary N) is 1. The van der Waals surface area contributed by atoms with E-state index in [2.05, 4.69) is 54.0 Å². The highest BCUT2D eigenvalue weighted by Crippen LogP contribution is 2.44. The number of nitrogens with one attached hydrogen (secondary N) is 2. The standard InChI is InChI=1S/C21H24IN3O2S2/c1-21(2,3)11-8-9-13-15(10-11)29-19(16(13)17(23)26)25-20(28)24-18(27)12-6-4-5-7-14(12)22/h4-7,11H,8-10H2,1-3H3,(H2,23,26)(H2,24,25,27,28)/t11-/m0/s1. The van der Waals surface area contributed by atoms with Gasteiger partial charge in [-0.15, -0.1) is 11.3 Å². The number of rotatable bonds is 3. The van der Waals surface area contributed by atoms with E-state index < -0.39 is 5.91 Å². The Morgan fingerprint density at radius 1 is 1.28 bits per heavy atom. The summed E-state index contributed by atoms with van der Waals surface area (Å²) in [6.07, 6.45) is 2.78. The van der Waals surface area contributed by atoms with Crippen LogP contribution in [0, 0.1) is 14.9 Å². The molecule has 1 heterocycles. The number of benzene rings is 1. The molecule has 1 atom stereocenters. The number of carbonyl (C=O) groups is 2. The SMILES string of the molecule is CC(C)(C)[C@H]1CCc2c(sc(NC(=S)NC(=O)c3ccccc3I)c2C(N)=O)C1. The number of anilines is 1. The van der Waals surface area contributed by atoms with E-state index in [0.29, 0.717) is 22.0 Å². The van der Waals surface area contributed by atoms with E-state index in [4.69, 9.17) is 18.0 Å². The molecule has 3 rings (SSSR count). The van der Waals surface area contributed by atoms with Gasteiger partial charge in [0, 0.05) is 8.45 Å². The fourth-order valence-corrected chi connectivity index (χ4v) is 5.85. The first kappa shape index (κ1) is 22.2. The molecular weight excluding hydrogens is 517 g/mol. The molecule has 1 aliphatic carbocycles. The zero-order valence-corrected chi connectivity index (χ0v) is 20.4. The van der Waals surface area contributed by atoms with Crippen LogP contribution >= 0.6 is 46.1 Å². The van der Waals surface area contributed by atoms with Crippen LogP contribution in [0.4, 0.5) is 5.00 Å². The summed E-state index contributed by atoms with van der Waals surface area (Å²) in [5, 5.41) is 6.51. The summed E-state index contributed by atoms with van der Waals surface area (Å²) in [4.78, 5) is 25.8. The molecule has 1 aliphatic rings. The molecule has 2 amide bonds. The van der Waals surface area contributed by atoms with Gasteiger partial charge in [0.25, 0.3) is 11.8 Å². The molecule has 0 radical (unpaired) electrons. The van der Waals surface area contributed by atoms with Gasteiger partial charge in [-0.1, -0.05) is 32.9 Å². The molecule has 8 heteroatoms. The molecule has 0 bridgehead atoms. The van der Waals surface area contributed by atoms with Gasteiger partial charge in [0.05, 0.1) is 11.1 Å². The molecule has 0 saturated heterocycles. The summed E-state index contributed by atoms with van der Waals surface area (Å²) >= 11 is 8.96. The third kappa shape index (κ3) is 4.97. The third-order valence-electron chi connectivity index (χ3n) is 5.31. The summed E-state index contributed by atoms with van der Waals surface area (Å²) in [6, 6.07) is 7.27. The molecule has 1 aromatic carbocycles. The Labute approximate surface area is 194 Å². The lowest BCUT2D eigenvalue weighted by Crippen LogP contribution is -2.34. The van der Waals surface area contributed by atoms with E-state index in [1.54, 1.807) is 12.1 Å². The second kappa shape index (κ2) is 8.69. The Morgan fingerprint density at radius 3 is 2.59 bits per heavy atom. The highest BCUT2D eigenvalue weighted by Gasteiger charge is 2.33.